The lowest BCUT2D eigenvalue weighted by Gasteiger charge is -2.16. The lowest BCUT2D eigenvalue weighted by Crippen LogP contribution is -2.37. The molecule has 0 aliphatic heterocycles. The number of hydrogen-bond acceptors (Lipinski definition) is 3. The number of hydrazine groups is 1. The molecule has 0 saturated carbocycles. The fourth-order valence-corrected chi connectivity index (χ4v) is 1.66. The first-order chi connectivity index (χ1) is 8.47. The molecule has 18 heavy (non-hydrogen) atoms. The second kappa shape index (κ2) is 6.72. The molecule has 1 aromatic carbocycles. The van der Waals surface area contributed by atoms with Gasteiger partial charge in [0.25, 0.3) is 0 Å². The van der Waals surface area contributed by atoms with Gasteiger partial charge in [0, 0.05) is 19.8 Å². The summed E-state index contributed by atoms with van der Waals surface area (Å²) >= 11 is 0. The smallest absolute Gasteiger partial charge is 0.385 e. The van der Waals surface area contributed by atoms with Crippen LogP contribution >= 0.6 is 0 Å². The molecule has 0 spiro atoms. The summed E-state index contributed by atoms with van der Waals surface area (Å²) in [6, 6.07) is 5.17. The summed E-state index contributed by atoms with van der Waals surface area (Å²) in [4.78, 5) is 0. The van der Waals surface area contributed by atoms with Gasteiger partial charge >= 0.3 is 6.18 Å². The Hall–Kier alpha value is -1.11. The van der Waals surface area contributed by atoms with Crippen LogP contribution in [0.1, 0.15) is 17.5 Å². The number of rotatable bonds is 6. The first-order valence-electron chi connectivity index (χ1n) is 5.58. The number of nitrogens with two attached hydrogens (primary N) is 1. The number of benzene rings is 1. The van der Waals surface area contributed by atoms with Gasteiger partial charge in [-0.25, -0.2) is 0 Å². The van der Waals surface area contributed by atoms with Gasteiger partial charge in [-0.15, -0.1) is 0 Å². The zero-order valence-electron chi connectivity index (χ0n) is 10.1. The van der Waals surface area contributed by atoms with Crippen molar-refractivity contribution in [1.29, 1.82) is 0 Å². The molecular weight excluding hydrogens is 245 g/mol. The molecule has 0 amide bonds. The van der Waals surface area contributed by atoms with Crippen LogP contribution in [0.15, 0.2) is 24.3 Å². The van der Waals surface area contributed by atoms with Crippen LogP contribution in [0, 0.1) is 0 Å². The Bertz CT molecular complexity index is 369. The molecular formula is C12H17F3N2O. The molecule has 1 aromatic rings. The van der Waals surface area contributed by atoms with Crippen molar-refractivity contribution in [3.05, 3.63) is 35.4 Å². The summed E-state index contributed by atoms with van der Waals surface area (Å²) in [7, 11) is 1.57. The largest absolute Gasteiger partial charge is 0.416 e. The van der Waals surface area contributed by atoms with Gasteiger partial charge in [0.1, 0.15) is 0 Å². The standard InChI is InChI=1S/C12H17F3N2O/c1-18-6-5-11(17-16)8-9-3-2-4-10(7-9)12(13,14)15/h2-4,7,11,17H,5-6,8,16H2,1H3. The first-order valence-corrected chi connectivity index (χ1v) is 5.58. The number of hydrogen-bond donors (Lipinski definition) is 2. The summed E-state index contributed by atoms with van der Waals surface area (Å²) in [6.07, 6.45) is -3.23. The molecule has 1 rings (SSSR count). The number of alkyl halides is 3. The minimum Gasteiger partial charge on any atom is -0.385 e. The van der Waals surface area contributed by atoms with Crippen molar-refractivity contribution < 1.29 is 17.9 Å². The van der Waals surface area contributed by atoms with Gasteiger partial charge in [0.15, 0.2) is 0 Å². The molecule has 3 nitrogen and oxygen atoms in total. The van der Waals surface area contributed by atoms with Gasteiger partial charge in [-0.1, -0.05) is 18.2 Å². The van der Waals surface area contributed by atoms with Crippen LogP contribution in [0.25, 0.3) is 0 Å². The van der Waals surface area contributed by atoms with E-state index in [4.69, 9.17) is 10.6 Å². The van der Waals surface area contributed by atoms with Crippen LogP contribution in [0.5, 0.6) is 0 Å². The molecule has 1 atom stereocenters. The molecule has 0 saturated heterocycles. The van der Waals surface area contributed by atoms with Crippen LogP contribution in [-0.4, -0.2) is 19.8 Å². The average Bonchev–Trinajstić information content (AvgIpc) is 2.33. The highest BCUT2D eigenvalue weighted by Crippen LogP contribution is 2.29. The van der Waals surface area contributed by atoms with Crippen LogP contribution in [0.3, 0.4) is 0 Å². The molecule has 0 radical (unpaired) electrons. The summed E-state index contributed by atoms with van der Waals surface area (Å²) in [5.41, 5.74) is 2.55. The van der Waals surface area contributed by atoms with Gasteiger partial charge in [-0.3, -0.25) is 11.3 Å². The highest BCUT2D eigenvalue weighted by atomic mass is 19.4. The zero-order chi connectivity index (χ0) is 13.6. The van der Waals surface area contributed by atoms with E-state index in [9.17, 15) is 13.2 Å². The van der Waals surface area contributed by atoms with E-state index >= 15 is 0 Å². The average molecular weight is 262 g/mol. The molecule has 0 bridgehead atoms. The molecule has 0 heterocycles. The Morgan fingerprint density at radius 2 is 2.11 bits per heavy atom. The van der Waals surface area contributed by atoms with Crippen molar-refractivity contribution in [3.63, 3.8) is 0 Å². The summed E-state index contributed by atoms with van der Waals surface area (Å²) in [5, 5.41) is 0. The summed E-state index contributed by atoms with van der Waals surface area (Å²) in [5.74, 6) is 5.36. The monoisotopic (exact) mass is 262 g/mol. The fraction of sp³-hybridized carbons (Fsp3) is 0.500. The lowest BCUT2D eigenvalue weighted by atomic mass is 10.0. The Labute approximate surface area is 104 Å². The van der Waals surface area contributed by atoms with Gasteiger partial charge in [-0.05, 0) is 24.5 Å². The van der Waals surface area contributed by atoms with E-state index in [1.54, 1.807) is 13.2 Å². The van der Waals surface area contributed by atoms with Gasteiger partial charge in [-0.2, -0.15) is 13.2 Å². The third kappa shape index (κ3) is 4.64. The molecule has 0 aromatic heterocycles. The number of nitrogens with one attached hydrogen (secondary N) is 1. The Morgan fingerprint density at radius 3 is 2.67 bits per heavy atom. The molecule has 102 valence electrons. The quantitative estimate of drug-likeness (QED) is 0.610. The number of ether oxygens (including phenoxy) is 1. The van der Waals surface area contributed by atoms with Crippen molar-refractivity contribution in [3.8, 4) is 0 Å². The van der Waals surface area contributed by atoms with Crippen LogP contribution in [0.4, 0.5) is 13.2 Å². The van der Waals surface area contributed by atoms with Crippen LogP contribution < -0.4 is 11.3 Å². The zero-order valence-corrected chi connectivity index (χ0v) is 10.1. The second-order valence-electron chi connectivity index (χ2n) is 4.05. The Balaban J connectivity index is 2.71. The van der Waals surface area contributed by atoms with E-state index in [0.29, 0.717) is 25.0 Å². The van der Waals surface area contributed by atoms with Crippen molar-refractivity contribution in [2.45, 2.75) is 25.1 Å². The van der Waals surface area contributed by atoms with E-state index < -0.39 is 11.7 Å². The van der Waals surface area contributed by atoms with Gasteiger partial charge in [0.2, 0.25) is 0 Å². The SMILES string of the molecule is COCCC(Cc1cccc(C(F)(F)F)c1)NN. The van der Waals surface area contributed by atoms with Gasteiger partial charge in [0.05, 0.1) is 5.56 Å². The topological polar surface area (TPSA) is 47.3 Å². The fourth-order valence-electron chi connectivity index (χ4n) is 1.66. The van der Waals surface area contributed by atoms with E-state index in [0.717, 1.165) is 12.1 Å². The Morgan fingerprint density at radius 1 is 1.39 bits per heavy atom. The summed E-state index contributed by atoms with van der Waals surface area (Å²) in [6.45, 7) is 0.508. The molecule has 3 N–H and O–H groups in total. The van der Waals surface area contributed by atoms with Gasteiger partial charge < -0.3 is 4.74 Å². The molecule has 0 aliphatic rings. The van der Waals surface area contributed by atoms with E-state index in [-0.39, 0.29) is 6.04 Å². The van der Waals surface area contributed by atoms with Crippen LogP contribution in [0.2, 0.25) is 0 Å². The van der Waals surface area contributed by atoms with E-state index in [1.807, 2.05) is 0 Å². The highest BCUT2D eigenvalue weighted by molar-refractivity contribution is 5.26. The number of methoxy groups -OCH3 is 1. The maximum Gasteiger partial charge on any atom is 0.416 e. The van der Waals surface area contributed by atoms with Crippen molar-refractivity contribution >= 4 is 0 Å². The number of halogens is 3. The maximum atomic E-state index is 12.5. The summed E-state index contributed by atoms with van der Waals surface area (Å²) < 4.78 is 42.5. The van der Waals surface area contributed by atoms with Crippen molar-refractivity contribution in [2.24, 2.45) is 5.84 Å². The second-order valence-corrected chi connectivity index (χ2v) is 4.05. The third-order valence-corrected chi connectivity index (χ3v) is 2.64. The van der Waals surface area contributed by atoms with Crippen molar-refractivity contribution in [2.75, 3.05) is 13.7 Å². The molecule has 0 fully saturated rings. The van der Waals surface area contributed by atoms with E-state index in [2.05, 4.69) is 5.43 Å². The first kappa shape index (κ1) is 14.9. The predicted molar refractivity (Wildman–Crippen MR) is 62.8 cm³/mol. The lowest BCUT2D eigenvalue weighted by molar-refractivity contribution is -0.137. The normalized spacial score (nSPS) is 13.6. The third-order valence-electron chi connectivity index (χ3n) is 2.64. The van der Waals surface area contributed by atoms with Crippen molar-refractivity contribution in [1.82, 2.24) is 5.43 Å². The Kier molecular flexibility index (Phi) is 5.58. The minimum atomic E-state index is -4.31. The van der Waals surface area contributed by atoms with E-state index in [1.165, 1.54) is 6.07 Å². The minimum absolute atomic E-state index is 0.103. The molecule has 0 aliphatic carbocycles. The molecule has 6 heteroatoms. The predicted octanol–water partition coefficient (Wildman–Crippen LogP) is 2.12. The van der Waals surface area contributed by atoms with Crippen LogP contribution in [-0.2, 0) is 17.3 Å². The molecule has 1 unspecified atom stereocenters. The maximum absolute atomic E-state index is 12.5. The highest BCUT2D eigenvalue weighted by Gasteiger charge is 2.30.